The third kappa shape index (κ3) is 50.2. The molecule has 0 fully saturated rings. The van der Waals surface area contributed by atoms with Crippen LogP contribution < -0.4 is 0 Å². The van der Waals surface area contributed by atoms with Crippen LogP contribution in [0.3, 0.4) is 0 Å². The number of aliphatic imine (C=N–C) groups is 2. The Balaban J connectivity index is 0.0000370. The van der Waals surface area contributed by atoms with Crippen molar-refractivity contribution in [2.45, 2.75) is 420 Å². The van der Waals surface area contributed by atoms with Gasteiger partial charge in [-0.1, -0.05) is 367 Å². The van der Waals surface area contributed by atoms with E-state index in [1.165, 1.54) is 350 Å². The summed E-state index contributed by atoms with van der Waals surface area (Å²) in [7, 11) is 0. The molecule has 0 aromatic heterocycles. The Morgan fingerprint density at radius 1 is 0.233 bits per heavy atom. The van der Waals surface area contributed by atoms with Crippen LogP contribution in [0, 0.1) is 23.7 Å². The number of benzene rings is 2. The monoisotopic (exact) mass is 1230 g/mol. The van der Waals surface area contributed by atoms with E-state index in [0.717, 1.165) is 74.2 Å². The van der Waals surface area contributed by atoms with Gasteiger partial charge in [-0.15, -0.1) is 0 Å². The number of nitrogens with zero attached hydrogens (tertiary/aromatic N) is 2. The molecule has 0 aliphatic rings. The van der Waals surface area contributed by atoms with E-state index in [9.17, 15) is 0 Å². The molecular weight excluding hydrogens is 1080 g/mol. The Kier molecular flexibility index (Phi) is 60.5. The summed E-state index contributed by atoms with van der Waals surface area (Å²) < 4.78 is 0. The standard InChI is InChI=1S/C83H142N2.Ni/c1-7-13-19-21-23-25-27-29-31-33-35-37-38-39-40-41-43-45-47-49-51-53-55-57-63-69-83(85-81-74-78(66-60-17-11-5)71-79(75-81)67-61-18-12-6)82(84-80-72-76(64-58-15-9-3)70-77(73-80)65-59-16-10-4)68-62-56-54-52-50-48-46-44-42-36-34-32-30-28-26-24-22-20-14-8-2;/h70-75H,7-61,64-67H2,1-6H3;. The van der Waals surface area contributed by atoms with Crippen LogP contribution in [0.25, 0.3) is 0 Å². The summed E-state index contributed by atoms with van der Waals surface area (Å²) in [5.74, 6) is 14.7. The summed E-state index contributed by atoms with van der Waals surface area (Å²) in [5.41, 5.74) is 9.21. The van der Waals surface area contributed by atoms with Gasteiger partial charge >= 0.3 is 0 Å². The van der Waals surface area contributed by atoms with E-state index in [0.29, 0.717) is 0 Å². The minimum absolute atomic E-state index is 0. The molecule has 0 unspecified atom stereocenters. The van der Waals surface area contributed by atoms with E-state index in [-0.39, 0.29) is 16.5 Å². The quantitative estimate of drug-likeness (QED) is 0.0273. The van der Waals surface area contributed by atoms with Crippen molar-refractivity contribution in [2.24, 2.45) is 9.98 Å². The fraction of sp³-hybridized carbons (Fsp3) is 0.783. The fourth-order valence-corrected chi connectivity index (χ4v) is 12.5. The van der Waals surface area contributed by atoms with Gasteiger partial charge < -0.3 is 0 Å². The maximum absolute atomic E-state index is 5.54. The summed E-state index contributed by atoms with van der Waals surface area (Å²) in [4.78, 5) is 11.1. The summed E-state index contributed by atoms with van der Waals surface area (Å²) in [6.07, 6.45) is 78.6. The van der Waals surface area contributed by atoms with Crippen molar-refractivity contribution in [3.63, 3.8) is 0 Å². The molecule has 0 radical (unpaired) electrons. The Morgan fingerprint density at radius 2 is 0.407 bits per heavy atom. The Bertz CT molecular complexity index is 1930. The second-order valence-corrected chi connectivity index (χ2v) is 26.7. The van der Waals surface area contributed by atoms with Crippen LogP contribution in [0.2, 0.25) is 0 Å². The van der Waals surface area contributed by atoms with Gasteiger partial charge in [-0.3, -0.25) is 0 Å². The van der Waals surface area contributed by atoms with Gasteiger partial charge in [0, 0.05) is 29.3 Å². The van der Waals surface area contributed by atoms with Gasteiger partial charge in [0.2, 0.25) is 0 Å². The summed E-state index contributed by atoms with van der Waals surface area (Å²) in [6.45, 7) is 13.9. The Morgan fingerprint density at radius 3 is 0.605 bits per heavy atom. The van der Waals surface area contributed by atoms with Gasteiger partial charge in [-0.2, -0.15) is 0 Å². The first-order valence-electron chi connectivity index (χ1n) is 38.5. The maximum atomic E-state index is 5.54. The molecule has 0 spiro atoms. The summed E-state index contributed by atoms with van der Waals surface area (Å²) in [6, 6.07) is 14.3. The van der Waals surface area contributed by atoms with Crippen molar-refractivity contribution >= 4 is 22.8 Å². The molecule has 0 atom stereocenters. The third-order valence-corrected chi connectivity index (χ3v) is 18.0. The average Bonchev–Trinajstić information content (AvgIpc) is 3.42. The Hall–Kier alpha value is -2.61. The van der Waals surface area contributed by atoms with E-state index in [1.807, 2.05) is 0 Å². The van der Waals surface area contributed by atoms with Crippen LogP contribution in [-0.4, -0.2) is 11.4 Å². The minimum atomic E-state index is 0. The van der Waals surface area contributed by atoms with Gasteiger partial charge in [0.15, 0.2) is 0 Å². The fourth-order valence-electron chi connectivity index (χ4n) is 12.5. The molecule has 0 amide bonds. The molecule has 494 valence electrons. The molecule has 3 heteroatoms. The van der Waals surface area contributed by atoms with Crippen LogP contribution in [0.5, 0.6) is 0 Å². The molecule has 2 nitrogen and oxygen atoms in total. The van der Waals surface area contributed by atoms with Crippen molar-refractivity contribution in [3.05, 3.63) is 58.7 Å². The molecule has 86 heavy (non-hydrogen) atoms. The normalized spacial score (nSPS) is 11.7. The molecule has 0 saturated heterocycles. The summed E-state index contributed by atoms with van der Waals surface area (Å²) in [5, 5.41) is 0. The SMILES string of the molecule is CCCCCCCCCCCCCCCCCCCCC#CC(=Nc1cc(CCCCC)cc(CCCCC)c1)C(C#CCCCCCCCCCCCCCCCCCCCCCCCCC)=Nc1cc(CCCCC)cc(CCCCC)c1.[Ni]. The molecule has 0 aliphatic carbocycles. The van der Waals surface area contributed by atoms with Gasteiger partial charge in [-0.25, -0.2) is 9.98 Å². The molecule has 0 aliphatic heterocycles. The van der Waals surface area contributed by atoms with Gasteiger partial charge in [0.25, 0.3) is 0 Å². The van der Waals surface area contributed by atoms with E-state index in [1.54, 1.807) is 0 Å². The van der Waals surface area contributed by atoms with E-state index in [4.69, 9.17) is 9.98 Å². The molecular formula is C83H142N2Ni. The van der Waals surface area contributed by atoms with Crippen LogP contribution in [0.15, 0.2) is 46.4 Å². The smallest absolute Gasteiger partial charge is 0.148 e. The number of rotatable bonds is 60. The van der Waals surface area contributed by atoms with E-state index < -0.39 is 0 Å². The van der Waals surface area contributed by atoms with Crippen LogP contribution >= 0.6 is 0 Å². The first-order chi connectivity index (χ1) is 42.1. The largest absolute Gasteiger partial charge is 0.237 e. The summed E-state index contributed by atoms with van der Waals surface area (Å²) >= 11 is 0. The molecule has 0 saturated carbocycles. The second kappa shape index (κ2) is 63.9. The minimum Gasteiger partial charge on any atom is -0.237 e. The van der Waals surface area contributed by atoms with Gasteiger partial charge in [0.05, 0.1) is 11.4 Å². The molecule has 2 aromatic rings. The van der Waals surface area contributed by atoms with Crippen molar-refractivity contribution in [2.75, 3.05) is 0 Å². The molecule has 0 bridgehead atoms. The second-order valence-electron chi connectivity index (χ2n) is 26.7. The number of hydrogen-bond acceptors (Lipinski definition) is 2. The van der Waals surface area contributed by atoms with Crippen LogP contribution in [-0.2, 0) is 42.2 Å². The first-order valence-corrected chi connectivity index (χ1v) is 38.5. The predicted molar refractivity (Wildman–Crippen MR) is 385 cm³/mol. The third-order valence-electron chi connectivity index (χ3n) is 18.0. The van der Waals surface area contributed by atoms with Crippen molar-refractivity contribution in [1.82, 2.24) is 0 Å². The number of hydrogen-bond donors (Lipinski definition) is 0. The van der Waals surface area contributed by atoms with Crippen molar-refractivity contribution in [1.29, 1.82) is 0 Å². The molecule has 2 rings (SSSR count). The van der Waals surface area contributed by atoms with Crippen LogP contribution in [0.1, 0.15) is 417 Å². The number of unbranched alkanes of at least 4 members (excludes halogenated alkanes) is 49. The zero-order valence-electron chi connectivity index (χ0n) is 58.4. The van der Waals surface area contributed by atoms with E-state index >= 15 is 0 Å². The van der Waals surface area contributed by atoms with Crippen molar-refractivity contribution < 1.29 is 16.5 Å². The number of aryl methyl sites for hydroxylation is 4. The average molecular weight is 1230 g/mol. The maximum Gasteiger partial charge on any atom is 0.148 e. The molecule has 0 N–H and O–H groups in total. The topological polar surface area (TPSA) is 24.7 Å². The predicted octanol–water partition coefficient (Wildman–Crippen LogP) is 28.3. The van der Waals surface area contributed by atoms with E-state index in [2.05, 4.69) is 102 Å². The zero-order valence-corrected chi connectivity index (χ0v) is 59.4. The van der Waals surface area contributed by atoms with Crippen molar-refractivity contribution in [3.8, 4) is 23.7 Å². The van der Waals surface area contributed by atoms with Gasteiger partial charge in [0.1, 0.15) is 11.4 Å². The zero-order chi connectivity index (χ0) is 60.8. The molecule has 0 heterocycles. The molecule has 2 aromatic carbocycles. The van der Waals surface area contributed by atoms with Crippen LogP contribution in [0.4, 0.5) is 11.4 Å². The van der Waals surface area contributed by atoms with Gasteiger partial charge in [-0.05, 0) is 123 Å². The Labute approximate surface area is 548 Å². The first kappa shape index (κ1) is 81.4.